The number of unbranched alkanes of at least 4 members (excludes halogenated alkanes) is 3. The van der Waals surface area contributed by atoms with Crippen molar-refractivity contribution in [2.75, 3.05) is 11.9 Å². The van der Waals surface area contributed by atoms with Gasteiger partial charge in [-0.2, -0.15) is 0 Å². The van der Waals surface area contributed by atoms with Crippen molar-refractivity contribution in [1.82, 2.24) is 0 Å². The topological polar surface area (TPSA) is 38.3 Å². The quantitative estimate of drug-likeness (QED) is 0.537. The van der Waals surface area contributed by atoms with Crippen LogP contribution in [0.3, 0.4) is 0 Å². The first kappa shape index (κ1) is 17.5. The van der Waals surface area contributed by atoms with Gasteiger partial charge in [-0.25, -0.2) is 9.18 Å². The minimum atomic E-state index is -0.822. The highest BCUT2D eigenvalue weighted by Crippen LogP contribution is 2.24. The maximum Gasteiger partial charge on any atom is 0.331 e. The van der Waals surface area contributed by atoms with Crippen LogP contribution in [0.5, 0.6) is 0 Å². The van der Waals surface area contributed by atoms with Gasteiger partial charge >= 0.3 is 5.97 Å². The number of hydrogen-bond acceptors (Lipinski definition) is 3. The zero-order valence-corrected chi connectivity index (χ0v) is 13.2. The molecule has 0 saturated heterocycles. The Morgan fingerprint density at radius 3 is 2.67 bits per heavy atom. The summed E-state index contributed by atoms with van der Waals surface area (Å²) in [6, 6.07) is 6.16. The summed E-state index contributed by atoms with van der Waals surface area (Å²) in [5.74, 6) is -0.608. The van der Waals surface area contributed by atoms with Gasteiger partial charge in [-0.05, 0) is 38.5 Å². The number of halogens is 1. The fraction of sp³-hybridized carbons (Fsp3) is 0.588. The van der Waals surface area contributed by atoms with Gasteiger partial charge in [-0.3, -0.25) is 0 Å². The second kappa shape index (κ2) is 8.65. The van der Waals surface area contributed by atoms with Crippen LogP contribution in [0.2, 0.25) is 0 Å². The highest BCUT2D eigenvalue weighted by Gasteiger charge is 2.34. The van der Waals surface area contributed by atoms with Gasteiger partial charge in [-0.1, -0.05) is 38.7 Å². The summed E-state index contributed by atoms with van der Waals surface area (Å²) in [5.41, 5.74) is -0.224. The van der Waals surface area contributed by atoms with E-state index in [1.807, 2.05) is 6.92 Å². The van der Waals surface area contributed by atoms with Gasteiger partial charge < -0.3 is 10.1 Å². The van der Waals surface area contributed by atoms with E-state index in [0.29, 0.717) is 18.7 Å². The molecular weight excluding hydrogens is 269 g/mol. The molecule has 1 atom stereocenters. The predicted molar refractivity (Wildman–Crippen MR) is 83.8 cm³/mol. The smallest absolute Gasteiger partial charge is 0.331 e. The van der Waals surface area contributed by atoms with E-state index in [4.69, 9.17) is 4.74 Å². The lowest BCUT2D eigenvalue weighted by Crippen LogP contribution is -2.44. The fourth-order valence-electron chi connectivity index (χ4n) is 2.30. The van der Waals surface area contributed by atoms with Crippen molar-refractivity contribution in [3.63, 3.8) is 0 Å². The third-order valence-corrected chi connectivity index (χ3v) is 3.50. The summed E-state index contributed by atoms with van der Waals surface area (Å²) in [6.45, 7) is 6.10. The molecule has 1 rings (SSSR count). The minimum Gasteiger partial charge on any atom is -0.464 e. The van der Waals surface area contributed by atoms with E-state index in [-0.39, 0.29) is 11.8 Å². The molecule has 0 spiro atoms. The maximum absolute atomic E-state index is 13.3. The molecule has 0 aliphatic carbocycles. The van der Waals surface area contributed by atoms with Crippen molar-refractivity contribution in [2.24, 2.45) is 0 Å². The molecule has 0 radical (unpaired) electrons. The summed E-state index contributed by atoms with van der Waals surface area (Å²) in [7, 11) is 0. The van der Waals surface area contributed by atoms with E-state index in [1.54, 1.807) is 19.1 Å². The number of nitrogens with one attached hydrogen (secondary N) is 1. The molecule has 3 nitrogen and oxygen atoms in total. The zero-order chi connectivity index (χ0) is 15.7. The summed E-state index contributed by atoms with van der Waals surface area (Å²) < 4.78 is 18.5. The number of benzene rings is 1. The van der Waals surface area contributed by atoms with E-state index in [0.717, 1.165) is 25.7 Å². The summed E-state index contributed by atoms with van der Waals surface area (Å²) in [5, 5.41) is 3.14. The van der Waals surface area contributed by atoms with E-state index >= 15 is 0 Å². The Morgan fingerprint density at radius 2 is 2.05 bits per heavy atom. The van der Waals surface area contributed by atoms with E-state index in [2.05, 4.69) is 12.2 Å². The van der Waals surface area contributed by atoms with Crippen molar-refractivity contribution >= 4 is 11.7 Å². The summed E-state index contributed by atoms with van der Waals surface area (Å²) >= 11 is 0. The number of carbonyl (C=O) groups excluding carboxylic acids is 1. The Hall–Kier alpha value is -1.58. The molecule has 118 valence electrons. The summed E-state index contributed by atoms with van der Waals surface area (Å²) in [6.07, 6.45) is 4.98. The van der Waals surface area contributed by atoms with Crippen LogP contribution >= 0.6 is 0 Å². The Kier molecular flexibility index (Phi) is 7.20. The number of anilines is 1. The van der Waals surface area contributed by atoms with Gasteiger partial charge in [0.15, 0.2) is 0 Å². The first-order chi connectivity index (χ1) is 10.0. The standard InChI is InChI=1S/C17H26FNO2/c1-4-6-7-8-12-17(3,16(20)21-5-2)19-15-11-9-10-14(18)13-15/h9-11,13,19H,4-8,12H2,1-3H3. The molecule has 0 heterocycles. The molecule has 0 bridgehead atoms. The van der Waals surface area contributed by atoms with E-state index < -0.39 is 5.54 Å². The van der Waals surface area contributed by atoms with Crippen LogP contribution in [0.25, 0.3) is 0 Å². The average Bonchev–Trinajstić information content (AvgIpc) is 2.44. The summed E-state index contributed by atoms with van der Waals surface area (Å²) in [4.78, 5) is 12.2. The van der Waals surface area contributed by atoms with Gasteiger partial charge in [0.1, 0.15) is 11.4 Å². The van der Waals surface area contributed by atoms with Crippen LogP contribution in [-0.4, -0.2) is 18.1 Å². The van der Waals surface area contributed by atoms with Gasteiger partial charge in [0, 0.05) is 5.69 Å². The number of esters is 1. The third kappa shape index (κ3) is 5.74. The van der Waals surface area contributed by atoms with Gasteiger partial charge in [0.2, 0.25) is 0 Å². The van der Waals surface area contributed by atoms with Gasteiger partial charge in [0.05, 0.1) is 6.61 Å². The van der Waals surface area contributed by atoms with Crippen molar-refractivity contribution in [3.05, 3.63) is 30.1 Å². The molecular formula is C17H26FNO2. The van der Waals surface area contributed by atoms with Gasteiger partial charge in [-0.15, -0.1) is 0 Å². The Bertz CT molecular complexity index is 450. The molecule has 1 N–H and O–H groups in total. The Morgan fingerprint density at radius 1 is 1.29 bits per heavy atom. The van der Waals surface area contributed by atoms with E-state index in [9.17, 15) is 9.18 Å². The molecule has 4 heteroatoms. The largest absolute Gasteiger partial charge is 0.464 e. The second-order valence-corrected chi connectivity index (χ2v) is 5.50. The van der Waals surface area contributed by atoms with Crippen LogP contribution < -0.4 is 5.32 Å². The molecule has 1 aromatic rings. The fourth-order valence-corrected chi connectivity index (χ4v) is 2.30. The van der Waals surface area contributed by atoms with Crippen LogP contribution in [0.4, 0.5) is 10.1 Å². The second-order valence-electron chi connectivity index (χ2n) is 5.50. The Balaban J connectivity index is 2.77. The van der Waals surface area contributed by atoms with Crippen molar-refractivity contribution in [2.45, 2.75) is 58.4 Å². The molecule has 21 heavy (non-hydrogen) atoms. The van der Waals surface area contributed by atoms with Crippen LogP contribution in [0.1, 0.15) is 52.9 Å². The van der Waals surface area contributed by atoms with Crippen molar-refractivity contribution in [3.8, 4) is 0 Å². The molecule has 0 aromatic heterocycles. The number of carbonyl (C=O) groups is 1. The lowest BCUT2D eigenvalue weighted by atomic mass is 9.93. The predicted octanol–water partition coefficient (Wildman–Crippen LogP) is 4.53. The van der Waals surface area contributed by atoms with Crippen molar-refractivity contribution in [1.29, 1.82) is 0 Å². The van der Waals surface area contributed by atoms with Gasteiger partial charge in [0.25, 0.3) is 0 Å². The normalized spacial score (nSPS) is 13.5. The lowest BCUT2D eigenvalue weighted by molar-refractivity contribution is -0.148. The van der Waals surface area contributed by atoms with Crippen LogP contribution in [-0.2, 0) is 9.53 Å². The molecule has 0 amide bonds. The number of hydrogen-bond donors (Lipinski definition) is 1. The van der Waals surface area contributed by atoms with Crippen LogP contribution in [0, 0.1) is 5.82 Å². The maximum atomic E-state index is 13.3. The molecule has 0 saturated carbocycles. The SMILES string of the molecule is CCCCCCC(C)(Nc1cccc(F)c1)C(=O)OCC. The first-order valence-electron chi connectivity index (χ1n) is 7.73. The lowest BCUT2D eigenvalue weighted by Gasteiger charge is -2.29. The van der Waals surface area contributed by atoms with Crippen molar-refractivity contribution < 1.29 is 13.9 Å². The third-order valence-electron chi connectivity index (χ3n) is 3.50. The van der Waals surface area contributed by atoms with E-state index in [1.165, 1.54) is 12.1 Å². The first-order valence-corrected chi connectivity index (χ1v) is 7.73. The molecule has 0 aliphatic rings. The highest BCUT2D eigenvalue weighted by atomic mass is 19.1. The Labute approximate surface area is 126 Å². The monoisotopic (exact) mass is 295 g/mol. The molecule has 0 aliphatic heterocycles. The highest BCUT2D eigenvalue weighted by molar-refractivity contribution is 5.84. The zero-order valence-electron chi connectivity index (χ0n) is 13.2. The average molecular weight is 295 g/mol. The number of ether oxygens (including phenoxy) is 1. The van der Waals surface area contributed by atoms with Crippen LogP contribution in [0.15, 0.2) is 24.3 Å². The molecule has 0 fully saturated rings. The number of rotatable bonds is 9. The minimum absolute atomic E-state index is 0.286. The molecule has 1 unspecified atom stereocenters. The molecule has 1 aromatic carbocycles.